The Balaban J connectivity index is 1.99. The number of esters is 1. The second-order valence-electron chi connectivity index (χ2n) is 6.97. The molecule has 33 heavy (non-hydrogen) atoms. The summed E-state index contributed by atoms with van der Waals surface area (Å²) in [6, 6.07) is 9.31. The van der Waals surface area contributed by atoms with Crippen LogP contribution in [0.15, 0.2) is 52.0 Å². The lowest BCUT2D eigenvalue weighted by molar-refractivity contribution is 0.0472. The highest BCUT2D eigenvalue weighted by Crippen LogP contribution is 2.38. The standard InChI is InChI=1S/C22H19BrN2O7S/c1-29-18-5-4-12-7-17(18)25-33(27,28)19-8-13(6-16(23)21(19)31-3)22(26)32-11-14-9-20(30-2)24-10-15(12)14/h4-10,25H,11H2,1-3H3. The van der Waals surface area contributed by atoms with Gasteiger partial charge in [0.2, 0.25) is 5.88 Å². The Morgan fingerprint density at radius 2 is 1.82 bits per heavy atom. The molecule has 0 atom stereocenters. The third-order valence-corrected chi connectivity index (χ3v) is 6.99. The van der Waals surface area contributed by atoms with Crippen LogP contribution in [0.2, 0.25) is 0 Å². The van der Waals surface area contributed by atoms with Gasteiger partial charge in [0.05, 0.1) is 37.1 Å². The Kier molecular flexibility index (Phi) is 6.17. The van der Waals surface area contributed by atoms with Gasteiger partial charge in [-0.25, -0.2) is 18.2 Å². The molecule has 2 heterocycles. The van der Waals surface area contributed by atoms with E-state index in [-0.39, 0.29) is 33.0 Å². The van der Waals surface area contributed by atoms with Gasteiger partial charge < -0.3 is 18.9 Å². The molecule has 2 aromatic carbocycles. The summed E-state index contributed by atoms with van der Waals surface area (Å²) in [6.45, 7) is -0.0897. The second kappa shape index (κ2) is 8.91. The largest absolute Gasteiger partial charge is 0.495 e. The fourth-order valence-corrected chi connectivity index (χ4v) is 5.46. The Bertz CT molecular complexity index is 1360. The lowest BCUT2D eigenvalue weighted by atomic mass is 10.0. The summed E-state index contributed by atoms with van der Waals surface area (Å²) in [4.78, 5) is 16.8. The SMILES string of the molecule is COc1cc2c(cn1)-c1ccc(OC)c(c1)NS(=O)(=O)c1cc(cc(Br)c1OC)C(=O)OC2. The highest BCUT2D eigenvalue weighted by atomic mass is 79.9. The molecular weight excluding hydrogens is 516 g/mol. The number of anilines is 1. The van der Waals surface area contributed by atoms with Gasteiger partial charge in [-0.15, -0.1) is 0 Å². The van der Waals surface area contributed by atoms with Crippen LogP contribution >= 0.6 is 15.9 Å². The minimum Gasteiger partial charge on any atom is -0.495 e. The number of methoxy groups -OCH3 is 3. The van der Waals surface area contributed by atoms with E-state index in [9.17, 15) is 13.2 Å². The van der Waals surface area contributed by atoms with Crippen molar-refractivity contribution in [2.24, 2.45) is 0 Å². The number of hydrogen-bond acceptors (Lipinski definition) is 8. The van der Waals surface area contributed by atoms with E-state index in [4.69, 9.17) is 18.9 Å². The van der Waals surface area contributed by atoms with Crippen LogP contribution in [0.5, 0.6) is 17.4 Å². The number of cyclic esters (lactones) is 1. The van der Waals surface area contributed by atoms with Gasteiger partial charge >= 0.3 is 5.97 Å². The highest BCUT2D eigenvalue weighted by molar-refractivity contribution is 9.10. The summed E-state index contributed by atoms with van der Waals surface area (Å²) in [7, 11) is 0.0596. The third-order valence-electron chi connectivity index (χ3n) is 5.03. The van der Waals surface area contributed by atoms with Crippen molar-refractivity contribution in [1.82, 2.24) is 4.98 Å². The first-order chi connectivity index (χ1) is 15.8. The summed E-state index contributed by atoms with van der Waals surface area (Å²) in [5, 5.41) is 0. The zero-order valence-electron chi connectivity index (χ0n) is 17.8. The predicted molar refractivity (Wildman–Crippen MR) is 123 cm³/mol. The fraction of sp³-hybridized carbons (Fsp3) is 0.182. The van der Waals surface area contributed by atoms with Crippen molar-refractivity contribution < 1.29 is 32.2 Å². The number of ether oxygens (including phenoxy) is 4. The summed E-state index contributed by atoms with van der Waals surface area (Å²) >= 11 is 3.28. The van der Waals surface area contributed by atoms with Crippen LogP contribution in [-0.4, -0.2) is 40.7 Å². The number of aromatic nitrogens is 1. The summed E-state index contributed by atoms with van der Waals surface area (Å²) in [5.41, 5.74) is 2.13. The van der Waals surface area contributed by atoms with E-state index in [1.807, 2.05) is 0 Å². The average Bonchev–Trinajstić information content (AvgIpc) is 2.81. The Morgan fingerprint density at radius 1 is 1.03 bits per heavy atom. The number of nitrogens with zero attached hydrogens (tertiary/aromatic N) is 1. The number of carbonyl (C=O) groups excluding carboxylic acids is 1. The molecule has 1 N–H and O–H groups in total. The maximum absolute atomic E-state index is 13.4. The van der Waals surface area contributed by atoms with Crippen molar-refractivity contribution >= 4 is 37.6 Å². The summed E-state index contributed by atoms with van der Waals surface area (Å²) < 4.78 is 50.9. The van der Waals surface area contributed by atoms with E-state index in [1.54, 1.807) is 30.5 Å². The molecule has 0 radical (unpaired) electrons. The first-order valence-electron chi connectivity index (χ1n) is 9.56. The highest BCUT2D eigenvalue weighted by Gasteiger charge is 2.27. The second-order valence-corrected chi connectivity index (χ2v) is 9.48. The first-order valence-corrected chi connectivity index (χ1v) is 11.8. The molecule has 9 nitrogen and oxygen atoms in total. The zero-order valence-corrected chi connectivity index (χ0v) is 20.2. The Morgan fingerprint density at radius 3 is 2.52 bits per heavy atom. The summed E-state index contributed by atoms with van der Waals surface area (Å²) in [6.07, 6.45) is 1.57. The molecule has 1 aliphatic rings. The maximum atomic E-state index is 13.4. The van der Waals surface area contributed by atoms with Crippen molar-refractivity contribution in [3.8, 4) is 28.5 Å². The number of nitrogens with one attached hydrogen (secondary N) is 1. The quantitative estimate of drug-likeness (QED) is 0.501. The molecule has 4 rings (SSSR count). The van der Waals surface area contributed by atoms with Gasteiger partial charge in [0.15, 0.2) is 5.75 Å². The number of hydrogen-bond donors (Lipinski definition) is 1. The molecule has 0 unspecified atom stereocenters. The Labute approximate surface area is 198 Å². The lowest BCUT2D eigenvalue weighted by Gasteiger charge is -2.16. The van der Waals surface area contributed by atoms with E-state index in [0.29, 0.717) is 28.3 Å². The third kappa shape index (κ3) is 4.33. The minimum atomic E-state index is -4.20. The van der Waals surface area contributed by atoms with Crippen LogP contribution in [0.4, 0.5) is 5.69 Å². The van der Waals surface area contributed by atoms with Crippen LogP contribution in [0, 0.1) is 0 Å². The van der Waals surface area contributed by atoms with Gasteiger partial charge in [-0.3, -0.25) is 4.72 Å². The lowest BCUT2D eigenvalue weighted by Crippen LogP contribution is -2.16. The molecule has 0 fully saturated rings. The number of carbonyl (C=O) groups is 1. The van der Waals surface area contributed by atoms with Crippen molar-refractivity contribution in [3.63, 3.8) is 0 Å². The number of fused-ring (bicyclic) bond motifs is 6. The van der Waals surface area contributed by atoms with E-state index in [2.05, 4.69) is 25.6 Å². The van der Waals surface area contributed by atoms with Gasteiger partial charge in [-0.2, -0.15) is 0 Å². The fourth-order valence-electron chi connectivity index (χ4n) is 3.43. The van der Waals surface area contributed by atoms with Crippen LogP contribution in [0.3, 0.4) is 0 Å². The van der Waals surface area contributed by atoms with Crippen molar-refractivity contribution in [2.45, 2.75) is 11.5 Å². The molecule has 1 aliphatic heterocycles. The number of halogens is 1. The predicted octanol–water partition coefficient (Wildman–Crippen LogP) is 4.01. The molecule has 0 aliphatic carbocycles. The smallest absolute Gasteiger partial charge is 0.338 e. The molecule has 172 valence electrons. The van der Waals surface area contributed by atoms with Gasteiger partial charge in [-0.05, 0) is 45.8 Å². The van der Waals surface area contributed by atoms with Gasteiger partial charge in [0, 0.05) is 23.4 Å². The molecule has 1 aromatic heterocycles. The number of benzene rings is 2. The Hall–Kier alpha value is -3.31. The molecule has 0 saturated carbocycles. The molecule has 0 spiro atoms. The average molecular weight is 535 g/mol. The molecule has 11 heteroatoms. The van der Waals surface area contributed by atoms with Crippen molar-refractivity contribution in [3.05, 3.63) is 58.2 Å². The molecular formula is C22H19BrN2O7S. The van der Waals surface area contributed by atoms with Crippen LogP contribution in [0.25, 0.3) is 11.1 Å². The normalized spacial score (nSPS) is 14.4. The van der Waals surface area contributed by atoms with Crippen molar-refractivity contribution in [2.75, 3.05) is 26.1 Å². The van der Waals surface area contributed by atoms with Gasteiger partial charge in [-0.1, -0.05) is 6.07 Å². The number of rotatable bonds is 3. The molecule has 3 aromatic rings. The van der Waals surface area contributed by atoms with Crippen LogP contribution < -0.4 is 18.9 Å². The monoisotopic (exact) mass is 534 g/mol. The van der Waals surface area contributed by atoms with E-state index < -0.39 is 16.0 Å². The van der Waals surface area contributed by atoms with E-state index >= 15 is 0 Å². The number of pyridine rings is 1. The van der Waals surface area contributed by atoms with E-state index in [0.717, 1.165) is 0 Å². The molecule has 0 saturated heterocycles. The zero-order chi connectivity index (χ0) is 23.8. The molecule has 0 amide bonds. The maximum Gasteiger partial charge on any atom is 0.338 e. The van der Waals surface area contributed by atoms with Crippen molar-refractivity contribution in [1.29, 1.82) is 0 Å². The van der Waals surface area contributed by atoms with E-state index in [1.165, 1.54) is 33.5 Å². The minimum absolute atomic E-state index is 0.0311. The first kappa shape index (κ1) is 22.9. The van der Waals surface area contributed by atoms with Crippen LogP contribution in [0.1, 0.15) is 15.9 Å². The van der Waals surface area contributed by atoms with Gasteiger partial charge in [0.1, 0.15) is 17.3 Å². The summed E-state index contributed by atoms with van der Waals surface area (Å²) in [5.74, 6) is -0.0129. The number of sulfonamides is 1. The topological polar surface area (TPSA) is 113 Å². The van der Waals surface area contributed by atoms with Crippen LogP contribution in [-0.2, 0) is 21.4 Å². The van der Waals surface area contributed by atoms with Gasteiger partial charge in [0.25, 0.3) is 10.0 Å². The molecule has 4 bridgehead atoms.